The lowest BCUT2D eigenvalue weighted by atomic mass is 9.78. The molecule has 2 heterocycles. The van der Waals surface area contributed by atoms with E-state index in [1.165, 1.54) is 6.92 Å². The maximum Gasteiger partial charge on any atom is 0.243 e. The molecule has 50 heavy (non-hydrogen) atoms. The Hall–Kier alpha value is -3.07. The second kappa shape index (κ2) is 19.5. The van der Waals surface area contributed by atoms with E-state index in [1.807, 2.05) is 31.2 Å². The number of carbonyl (C=O) groups is 3. The first-order valence-electron chi connectivity index (χ1n) is 19.1. The minimum Gasteiger partial charge on any atom is -0.370 e. The monoisotopic (exact) mass is 690 g/mol. The summed E-state index contributed by atoms with van der Waals surface area (Å²) in [5.74, 6) is -0.201. The summed E-state index contributed by atoms with van der Waals surface area (Å²) in [6.07, 6.45) is 9.08. The fourth-order valence-corrected chi connectivity index (χ4v) is 7.63. The van der Waals surface area contributed by atoms with Crippen LogP contribution in [0.15, 0.2) is 60.7 Å². The van der Waals surface area contributed by atoms with E-state index in [0.29, 0.717) is 26.2 Å². The Morgan fingerprint density at radius 3 is 2.14 bits per heavy atom. The smallest absolute Gasteiger partial charge is 0.243 e. The van der Waals surface area contributed by atoms with Crippen LogP contribution in [0.25, 0.3) is 0 Å². The largest absolute Gasteiger partial charge is 0.370 e. The Bertz CT molecular complexity index is 1340. The number of benzene rings is 2. The van der Waals surface area contributed by atoms with Gasteiger partial charge in [0.25, 0.3) is 0 Å². The van der Waals surface area contributed by atoms with Crippen molar-refractivity contribution in [1.29, 1.82) is 0 Å². The van der Waals surface area contributed by atoms with Gasteiger partial charge in [0, 0.05) is 18.4 Å². The van der Waals surface area contributed by atoms with E-state index in [-0.39, 0.29) is 47.7 Å². The van der Waals surface area contributed by atoms with E-state index >= 15 is 0 Å². The fourth-order valence-electron chi connectivity index (χ4n) is 7.63. The van der Waals surface area contributed by atoms with Crippen molar-refractivity contribution >= 4 is 17.6 Å². The number of amides is 2. The first kappa shape index (κ1) is 39.7. The number of nitrogens with zero attached hydrogens (tertiary/aromatic N) is 1. The number of Topliss-reactive ketones (excluding diaryl/α,β-unsaturated/α-hetero) is 1. The zero-order valence-electron chi connectivity index (χ0n) is 31.4. The third-order valence-corrected chi connectivity index (χ3v) is 10.9. The quantitative estimate of drug-likeness (QED) is 0.151. The SMILES string of the molecule is CC[C@H]1O[C@@](C)(CCCCCCC[C@H](C)C(=O)N2CCC[C@H]2C(=O)N[C@@H](C)C(C)=O)[C@H](OCc2ccccc2)[C@@H](OCc2ccccc2)[C@H]1C. The van der Waals surface area contributed by atoms with Gasteiger partial charge in [-0.3, -0.25) is 14.4 Å². The van der Waals surface area contributed by atoms with E-state index in [1.54, 1.807) is 11.8 Å². The predicted octanol–water partition coefficient (Wildman–Crippen LogP) is 7.81. The lowest BCUT2D eigenvalue weighted by Gasteiger charge is -2.51. The zero-order valence-corrected chi connectivity index (χ0v) is 31.4. The molecule has 1 N–H and O–H groups in total. The van der Waals surface area contributed by atoms with Crippen molar-refractivity contribution in [3.8, 4) is 0 Å². The molecule has 0 unspecified atom stereocenters. The molecule has 0 aromatic heterocycles. The number of hydrogen-bond donors (Lipinski definition) is 1. The summed E-state index contributed by atoms with van der Waals surface area (Å²) < 4.78 is 20.4. The van der Waals surface area contributed by atoms with Crippen LogP contribution >= 0.6 is 0 Å². The number of ketones is 1. The van der Waals surface area contributed by atoms with Crippen LogP contribution in [0.2, 0.25) is 0 Å². The molecule has 4 rings (SSSR count). The highest BCUT2D eigenvalue weighted by atomic mass is 16.6. The molecule has 8 atom stereocenters. The van der Waals surface area contributed by atoms with Crippen LogP contribution in [0, 0.1) is 11.8 Å². The number of ether oxygens (including phenoxy) is 3. The van der Waals surface area contributed by atoms with E-state index in [4.69, 9.17) is 14.2 Å². The van der Waals surface area contributed by atoms with Gasteiger partial charge in [-0.15, -0.1) is 0 Å². The van der Waals surface area contributed by atoms with Crippen molar-refractivity contribution in [2.75, 3.05) is 6.54 Å². The van der Waals surface area contributed by atoms with Crippen molar-refractivity contribution in [3.63, 3.8) is 0 Å². The molecule has 2 aliphatic heterocycles. The van der Waals surface area contributed by atoms with Gasteiger partial charge in [0.2, 0.25) is 11.8 Å². The van der Waals surface area contributed by atoms with Crippen molar-refractivity contribution in [1.82, 2.24) is 10.2 Å². The van der Waals surface area contributed by atoms with E-state index < -0.39 is 17.7 Å². The van der Waals surface area contributed by atoms with Crippen LogP contribution in [-0.2, 0) is 41.8 Å². The summed E-state index contributed by atoms with van der Waals surface area (Å²) in [5.41, 5.74) is 1.81. The third-order valence-electron chi connectivity index (χ3n) is 10.9. The fraction of sp³-hybridized carbons (Fsp3) is 0.643. The van der Waals surface area contributed by atoms with E-state index in [2.05, 4.69) is 62.5 Å². The zero-order chi connectivity index (χ0) is 36.1. The van der Waals surface area contributed by atoms with Gasteiger partial charge >= 0.3 is 0 Å². The summed E-state index contributed by atoms with van der Waals surface area (Å²) in [4.78, 5) is 39.5. The van der Waals surface area contributed by atoms with Gasteiger partial charge in [-0.1, -0.05) is 114 Å². The van der Waals surface area contributed by atoms with Crippen LogP contribution in [-0.4, -0.2) is 65.0 Å². The van der Waals surface area contributed by atoms with E-state index in [0.717, 1.165) is 68.9 Å². The van der Waals surface area contributed by atoms with Crippen molar-refractivity contribution in [3.05, 3.63) is 71.8 Å². The van der Waals surface area contributed by atoms with E-state index in [9.17, 15) is 14.4 Å². The first-order chi connectivity index (χ1) is 24.0. The molecule has 0 aliphatic carbocycles. The second-order valence-corrected chi connectivity index (χ2v) is 15.0. The Morgan fingerprint density at radius 1 is 0.920 bits per heavy atom. The number of carbonyl (C=O) groups excluding carboxylic acids is 3. The van der Waals surface area contributed by atoms with Crippen molar-refractivity contribution in [2.24, 2.45) is 11.8 Å². The average Bonchev–Trinajstić information content (AvgIpc) is 3.62. The number of hydrogen-bond acceptors (Lipinski definition) is 6. The molecule has 276 valence electrons. The molecular weight excluding hydrogens is 628 g/mol. The first-order valence-corrected chi connectivity index (χ1v) is 19.1. The van der Waals surface area contributed by atoms with Crippen molar-refractivity contribution < 1.29 is 28.6 Å². The van der Waals surface area contributed by atoms with Gasteiger partial charge in [0.05, 0.1) is 37.1 Å². The topological polar surface area (TPSA) is 94.2 Å². The summed E-state index contributed by atoms with van der Waals surface area (Å²) in [7, 11) is 0. The van der Waals surface area contributed by atoms with Gasteiger partial charge in [-0.2, -0.15) is 0 Å². The number of rotatable bonds is 19. The molecule has 0 spiro atoms. The standard InChI is InChI=1S/C42H62N2O6/c1-7-37-31(3)38(48-28-34-21-14-11-15-22-34)39(49-29-35-23-16-12-17-24-35)42(6,50-37)26-18-10-8-9-13-20-30(2)41(47)44-27-19-25-36(44)40(46)43-32(4)33(5)45/h11-12,14-17,21-24,30-32,36-39H,7-10,13,18-20,25-29H2,1-6H3,(H,43,46)/t30-,31-,32-,36-,37+,38-,39+,42-/m0/s1. The molecular formula is C42H62N2O6. The average molecular weight is 691 g/mol. The third kappa shape index (κ3) is 11.0. The Morgan fingerprint density at radius 2 is 1.52 bits per heavy atom. The second-order valence-electron chi connectivity index (χ2n) is 15.0. The van der Waals surface area contributed by atoms with Crippen LogP contribution in [0.3, 0.4) is 0 Å². The van der Waals surface area contributed by atoms with Gasteiger partial charge < -0.3 is 24.4 Å². The number of unbranched alkanes of at least 4 members (excludes halogenated alkanes) is 4. The molecule has 2 aliphatic rings. The number of nitrogens with one attached hydrogen (secondary N) is 1. The highest BCUT2D eigenvalue weighted by Crippen LogP contribution is 2.41. The van der Waals surface area contributed by atoms with Crippen molar-refractivity contribution in [2.45, 2.75) is 155 Å². The highest BCUT2D eigenvalue weighted by Gasteiger charge is 2.51. The summed E-state index contributed by atoms with van der Waals surface area (Å²) >= 11 is 0. The minimum absolute atomic E-state index is 0.0470. The Kier molecular flexibility index (Phi) is 15.5. The lowest BCUT2D eigenvalue weighted by Crippen LogP contribution is -2.61. The normalized spacial score (nSPS) is 26.4. The molecule has 2 fully saturated rings. The molecule has 0 bridgehead atoms. The molecule has 8 nitrogen and oxygen atoms in total. The van der Waals surface area contributed by atoms with Gasteiger partial charge in [-0.25, -0.2) is 0 Å². The summed E-state index contributed by atoms with van der Waals surface area (Å²) in [6.45, 7) is 13.4. The lowest BCUT2D eigenvalue weighted by molar-refractivity contribution is -0.273. The minimum atomic E-state index is -0.538. The number of likely N-dealkylation sites (tertiary alicyclic amines) is 1. The summed E-state index contributed by atoms with van der Waals surface area (Å²) in [5, 5.41) is 2.78. The van der Waals surface area contributed by atoms with Gasteiger partial charge in [0.15, 0.2) is 5.78 Å². The van der Waals surface area contributed by atoms with Crippen LogP contribution in [0.4, 0.5) is 0 Å². The maximum absolute atomic E-state index is 13.3. The summed E-state index contributed by atoms with van der Waals surface area (Å²) in [6, 6.07) is 19.7. The Labute approximate surface area is 301 Å². The molecule has 2 saturated heterocycles. The van der Waals surface area contributed by atoms with Crippen LogP contribution < -0.4 is 5.32 Å². The molecule has 2 amide bonds. The Balaban J connectivity index is 1.28. The molecule has 0 radical (unpaired) electrons. The predicted molar refractivity (Wildman–Crippen MR) is 197 cm³/mol. The van der Waals surface area contributed by atoms with Gasteiger partial charge in [0.1, 0.15) is 12.1 Å². The molecule has 0 saturated carbocycles. The molecule has 2 aromatic carbocycles. The molecule has 8 heteroatoms. The highest BCUT2D eigenvalue weighted by molar-refractivity contribution is 5.92. The molecule has 2 aromatic rings. The van der Waals surface area contributed by atoms with Crippen LogP contribution in [0.5, 0.6) is 0 Å². The van der Waals surface area contributed by atoms with Crippen LogP contribution in [0.1, 0.15) is 117 Å². The maximum atomic E-state index is 13.3. The van der Waals surface area contributed by atoms with Gasteiger partial charge in [-0.05, 0) is 64.0 Å².